The van der Waals surface area contributed by atoms with Gasteiger partial charge in [0.25, 0.3) is 0 Å². The summed E-state index contributed by atoms with van der Waals surface area (Å²) in [5, 5.41) is 0. The zero-order valence-electron chi connectivity index (χ0n) is 26.5. The van der Waals surface area contributed by atoms with Crippen LogP contribution >= 0.6 is 63.7 Å². The van der Waals surface area contributed by atoms with Crippen molar-refractivity contribution in [1.29, 1.82) is 0 Å². The molecule has 4 unspecified atom stereocenters. The van der Waals surface area contributed by atoms with Gasteiger partial charge in [0.2, 0.25) is 0 Å². The van der Waals surface area contributed by atoms with E-state index >= 15 is 0 Å². The van der Waals surface area contributed by atoms with Crippen LogP contribution in [0.2, 0.25) is 0 Å². The fourth-order valence-electron chi connectivity index (χ4n) is 3.20. The third-order valence-electron chi connectivity index (χ3n) is 5.64. The van der Waals surface area contributed by atoms with Gasteiger partial charge in [-0.1, -0.05) is 63.7 Å². The van der Waals surface area contributed by atoms with E-state index in [9.17, 15) is 19.2 Å². The van der Waals surface area contributed by atoms with Gasteiger partial charge < -0.3 is 37.9 Å². The molecule has 0 saturated carbocycles. The summed E-state index contributed by atoms with van der Waals surface area (Å²) in [6.07, 6.45) is 1.98. The highest BCUT2D eigenvalue weighted by Gasteiger charge is 2.32. The molecule has 0 fully saturated rings. The molecule has 0 bridgehead atoms. The largest absolute Gasteiger partial charge is 0.465 e. The lowest BCUT2D eigenvalue weighted by Gasteiger charge is -2.33. The van der Waals surface area contributed by atoms with Gasteiger partial charge in [0.05, 0.1) is 58.3 Å². The number of halogens is 4. The molecule has 0 saturated heterocycles. The van der Waals surface area contributed by atoms with Gasteiger partial charge in [0.15, 0.2) is 0 Å². The standard InChI is InChI=1S/C29H48Br4O12/c1-21(30)25(34)42-13-5-9-38-17-29(18-39-10-6-14-43-26(35)22(2)31,19-40-11-7-15-44-27(36)23(3)32)20-41-12-8-16-45-28(37)24(4)33/h21-24H,5-20H2,1-4H3. The van der Waals surface area contributed by atoms with E-state index in [1.165, 1.54) is 0 Å². The quantitative estimate of drug-likeness (QED) is 0.0456. The molecule has 0 heterocycles. The Morgan fingerprint density at radius 3 is 0.800 bits per heavy atom. The Labute approximate surface area is 300 Å². The van der Waals surface area contributed by atoms with Crippen LogP contribution in [0.25, 0.3) is 0 Å². The van der Waals surface area contributed by atoms with Crippen molar-refractivity contribution in [2.45, 2.75) is 72.7 Å². The lowest BCUT2D eigenvalue weighted by atomic mass is 9.92. The maximum atomic E-state index is 11.7. The van der Waals surface area contributed by atoms with E-state index in [4.69, 9.17) is 37.9 Å². The molecule has 0 N–H and O–H groups in total. The molecular formula is C29H48Br4O12. The third kappa shape index (κ3) is 24.4. The second-order valence-corrected chi connectivity index (χ2v) is 15.8. The summed E-state index contributed by atoms with van der Waals surface area (Å²) in [5.41, 5.74) is -0.718. The molecule has 0 radical (unpaired) electrons. The van der Waals surface area contributed by atoms with Crippen LogP contribution in [0.4, 0.5) is 0 Å². The summed E-state index contributed by atoms with van der Waals surface area (Å²) in [5.74, 6) is -1.38. The van der Waals surface area contributed by atoms with Crippen LogP contribution in [-0.2, 0) is 57.1 Å². The number of ether oxygens (including phenoxy) is 8. The first-order valence-electron chi connectivity index (χ1n) is 14.8. The molecule has 0 aliphatic rings. The molecule has 45 heavy (non-hydrogen) atoms. The first-order valence-corrected chi connectivity index (χ1v) is 18.5. The number of alkyl halides is 4. The molecular weight excluding hydrogens is 860 g/mol. The molecule has 0 amide bonds. The van der Waals surface area contributed by atoms with Gasteiger partial charge >= 0.3 is 23.9 Å². The minimum Gasteiger partial charge on any atom is -0.465 e. The van der Waals surface area contributed by atoms with Crippen LogP contribution in [0, 0.1) is 5.41 Å². The zero-order valence-corrected chi connectivity index (χ0v) is 32.9. The summed E-state index contributed by atoms with van der Waals surface area (Å²) in [6, 6.07) is 0. The summed E-state index contributed by atoms with van der Waals surface area (Å²) < 4.78 is 44.7. The van der Waals surface area contributed by atoms with Crippen LogP contribution < -0.4 is 0 Å². The van der Waals surface area contributed by atoms with E-state index in [-0.39, 0.29) is 96.0 Å². The number of carbonyl (C=O) groups excluding carboxylic acids is 4. The second kappa shape index (κ2) is 27.6. The van der Waals surface area contributed by atoms with Crippen LogP contribution in [-0.4, -0.2) is 122 Å². The molecule has 264 valence electrons. The van der Waals surface area contributed by atoms with Gasteiger partial charge in [-0.25, -0.2) is 0 Å². The number of carbonyl (C=O) groups is 4. The normalized spacial score (nSPS) is 15.3. The van der Waals surface area contributed by atoms with Gasteiger partial charge in [-0.2, -0.15) is 0 Å². The van der Waals surface area contributed by atoms with E-state index in [1.807, 2.05) is 0 Å². The van der Waals surface area contributed by atoms with Crippen LogP contribution in [0.5, 0.6) is 0 Å². The molecule has 0 aliphatic heterocycles. The third-order valence-corrected chi connectivity index (χ3v) is 7.14. The Kier molecular flexibility index (Phi) is 27.4. The Morgan fingerprint density at radius 1 is 0.422 bits per heavy atom. The average Bonchev–Trinajstić information content (AvgIpc) is 2.98. The highest BCUT2D eigenvalue weighted by molar-refractivity contribution is 9.10. The van der Waals surface area contributed by atoms with E-state index in [0.29, 0.717) is 52.1 Å². The molecule has 12 nitrogen and oxygen atoms in total. The number of rotatable bonds is 28. The molecule has 0 aliphatic carbocycles. The SMILES string of the molecule is CC(Br)C(=O)OCCCOCC(COCCCOC(=O)C(C)Br)(COCCCOC(=O)C(C)Br)COCCCOC(=O)C(C)Br. The lowest BCUT2D eigenvalue weighted by molar-refractivity contribution is -0.143. The Hall–Kier alpha value is -0.360. The topological polar surface area (TPSA) is 142 Å². The van der Waals surface area contributed by atoms with E-state index in [1.54, 1.807) is 27.7 Å². The maximum Gasteiger partial charge on any atom is 0.319 e. The summed E-state index contributed by atoms with van der Waals surface area (Å²) in [4.78, 5) is 45.2. The van der Waals surface area contributed by atoms with Gasteiger partial charge in [-0.15, -0.1) is 0 Å². The monoisotopic (exact) mass is 904 g/mol. The minimum atomic E-state index is -0.718. The molecule has 4 atom stereocenters. The number of esters is 4. The van der Waals surface area contributed by atoms with Crippen molar-refractivity contribution in [3.8, 4) is 0 Å². The summed E-state index contributed by atoms with van der Waals surface area (Å²) in [7, 11) is 0. The molecule has 0 rings (SSSR count). The zero-order chi connectivity index (χ0) is 34.1. The first kappa shape index (κ1) is 44.6. The predicted molar refractivity (Wildman–Crippen MR) is 182 cm³/mol. The van der Waals surface area contributed by atoms with Crippen molar-refractivity contribution in [3.63, 3.8) is 0 Å². The van der Waals surface area contributed by atoms with E-state index in [0.717, 1.165) is 0 Å². The smallest absolute Gasteiger partial charge is 0.319 e. The van der Waals surface area contributed by atoms with Gasteiger partial charge in [0, 0.05) is 52.1 Å². The Bertz CT molecular complexity index is 694. The number of hydrogen-bond acceptors (Lipinski definition) is 12. The lowest BCUT2D eigenvalue weighted by Crippen LogP contribution is -2.42. The molecule has 0 aromatic heterocycles. The van der Waals surface area contributed by atoms with Gasteiger partial charge in [-0.05, 0) is 27.7 Å². The second-order valence-electron chi connectivity index (χ2n) is 10.3. The summed E-state index contributed by atoms with van der Waals surface area (Å²) >= 11 is 12.7. The summed E-state index contributed by atoms with van der Waals surface area (Å²) in [6.45, 7) is 9.83. The fraction of sp³-hybridized carbons (Fsp3) is 0.862. The number of hydrogen-bond donors (Lipinski definition) is 0. The van der Waals surface area contributed by atoms with E-state index in [2.05, 4.69) is 63.7 Å². The molecule has 0 aromatic carbocycles. The first-order chi connectivity index (χ1) is 21.3. The Balaban J connectivity index is 5.19. The van der Waals surface area contributed by atoms with Gasteiger partial charge in [0.1, 0.15) is 19.3 Å². The predicted octanol–water partition coefficient (Wildman–Crippen LogP) is 4.91. The minimum absolute atomic E-state index is 0.217. The molecule has 0 spiro atoms. The highest BCUT2D eigenvalue weighted by Crippen LogP contribution is 2.22. The average molecular weight is 908 g/mol. The van der Waals surface area contributed by atoms with Crippen LogP contribution in [0.1, 0.15) is 53.4 Å². The van der Waals surface area contributed by atoms with Crippen molar-refractivity contribution in [3.05, 3.63) is 0 Å². The van der Waals surface area contributed by atoms with Crippen molar-refractivity contribution in [1.82, 2.24) is 0 Å². The van der Waals surface area contributed by atoms with Crippen LogP contribution in [0.3, 0.4) is 0 Å². The van der Waals surface area contributed by atoms with Crippen molar-refractivity contribution >= 4 is 87.6 Å². The highest BCUT2D eigenvalue weighted by atomic mass is 79.9. The van der Waals surface area contributed by atoms with Crippen molar-refractivity contribution in [2.75, 3.05) is 79.3 Å². The maximum absolute atomic E-state index is 11.7. The fourth-order valence-corrected chi connectivity index (χ4v) is 3.73. The van der Waals surface area contributed by atoms with Crippen LogP contribution in [0.15, 0.2) is 0 Å². The molecule has 16 heteroatoms. The Morgan fingerprint density at radius 2 is 0.622 bits per heavy atom. The van der Waals surface area contributed by atoms with Gasteiger partial charge in [-0.3, -0.25) is 19.2 Å². The van der Waals surface area contributed by atoms with E-state index < -0.39 is 5.41 Å². The van der Waals surface area contributed by atoms with Crippen molar-refractivity contribution < 1.29 is 57.1 Å². The molecule has 0 aromatic rings. The van der Waals surface area contributed by atoms with Crippen molar-refractivity contribution in [2.24, 2.45) is 5.41 Å².